The monoisotopic (exact) mass is 343 g/mol. The van der Waals surface area contributed by atoms with Gasteiger partial charge in [-0.25, -0.2) is 17.6 Å². The molecular formula is C14H11ClFNO4S. The van der Waals surface area contributed by atoms with Crippen LogP contribution in [0.3, 0.4) is 0 Å². The quantitative estimate of drug-likeness (QED) is 0.892. The third kappa shape index (κ3) is 3.37. The Kier molecular flexibility index (Phi) is 4.39. The van der Waals surface area contributed by atoms with Crippen molar-refractivity contribution in [3.05, 3.63) is 58.4 Å². The number of carboxylic acid groups (broad SMARTS) is 1. The minimum Gasteiger partial charge on any atom is -0.478 e. The van der Waals surface area contributed by atoms with Crippen molar-refractivity contribution < 1.29 is 22.7 Å². The highest BCUT2D eigenvalue weighted by atomic mass is 35.5. The zero-order chi connectivity index (χ0) is 16.5. The van der Waals surface area contributed by atoms with Crippen LogP contribution < -0.4 is 4.72 Å². The first-order chi connectivity index (χ1) is 10.2. The van der Waals surface area contributed by atoms with Crippen molar-refractivity contribution in [3.63, 3.8) is 0 Å². The van der Waals surface area contributed by atoms with E-state index in [1.54, 1.807) is 6.92 Å². The van der Waals surface area contributed by atoms with E-state index in [2.05, 4.69) is 4.72 Å². The summed E-state index contributed by atoms with van der Waals surface area (Å²) in [4.78, 5) is 10.5. The number of rotatable bonds is 4. The van der Waals surface area contributed by atoms with Gasteiger partial charge in [0.15, 0.2) is 0 Å². The second kappa shape index (κ2) is 5.94. The van der Waals surface area contributed by atoms with E-state index in [1.807, 2.05) is 0 Å². The molecule has 0 bridgehead atoms. The number of sulfonamides is 1. The molecule has 8 heteroatoms. The largest absolute Gasteiger partial charge is 0.478 e. The molecule has 0 heterocycles. The molecule has 116 valence electrons. The molecule has 0 atom stereocenters. The molecule has 0 aliphatic rings. The molecule has 0 aliphatic heterocycles. The van der Waals surface area contributed by atoms with Crippen molar-refractivity contribution in [1.29, 1.82) is 0 Å². The van der Waals surface area contributed by atoms with Crippen molar-refractivity contribution in [3.8, 4) is 0 Å². The van der Waals surface area contributed by atoms with Gasteiger partial charge in [0.25, 0.3) is 10.0 Å². The highest BCUT2D eigenvalue weighted by Gasteiger charge is 2.20. The summed E-state index contributed by atoms with van der Waals surface area (Å²) in [7, 11) is -4.18. The first kappa shape index (κ1) is 16.3. The van der Waals surface area contributed by atoms with Crippen molar-refractivity contribution in [2.24, 2.45) is 0 Å². The minimum absolute atomic E-state index is 0.0253. The predicted molar refractivity (Wildman–Crippen MR) is 80.4 cm³/mol. The van der Waals surface area contributed by atoms with Crippen molar-refractivity contribution in [2.45, 2.75) is 11.8 Å². The van der Waals surface area contributed by atoms with E-state index in [9.17, 15) is 17.6 Å². The second-order valence-electron chi connectivity index (χ2n) is 4.54. The first-order valence-electron chi connectivity index (χ1n) is 6.02. The lowest BCUT2D eigenvalue weighted by Crippen LogP contribution is -2.15. The van der Waals surface area contributed by atoms with Gasteiger partial charge < -0.3 is 5.11 Å². The lowest BCUT2D eigenvalue weighted by atomic mass is 10.2. The van der Waals surface area contributed by atoms with Crippen LogP contribution in [-0.2, 0) is 10.0 Å². The molecule has 0 aromatic heterocycles. The molecule has 2 aromatic carbocycles. The molecule has 2 aromatic rings. The maximum atomic E-state index is 13.7. The van der Waals surface area contributed by atoms with Gasteiger partial charge in [0.2, 0.25) is 0 Å². The Morgan fingerprint density at radius 2 is 1.91 bits per heavy atom. The summed E-state index contributed by atoms with van der Waals surface area (Å²) in [6, 6.07) is 7.28. The van der Waals surface area contributed by atoms with E-state index in [1.165, 1.54) is 24.3 Å². The fraction of sp³-hybridized carbons (Fsp3) is 0.0714. The number of hydrogen-bond acceptors (Lipinski definition) is 3. The summed E-state index contributed by atoms with van der Waals surface area (Å²) in [5.74, 6) is -2.20. The van der Waals surface area contributed by atoms with Gasteiger partial charge in [-0.05, 0) is 42.8 Å². The summed E-state index contributed by atoms with van der Waals surface area (Å²) >= 11 is 5.71. The molecule has 0 saturated carbocycles. The molecular weight excluding hydrogens is 333 g/mol. The molecule has 0 unspecified atom stereocenters. The summed E-state index contributed by atoms with van der Waals surface area (Å²) in [5.41, 5.74) is 0.290. The molecule has 0 spiro atoms. The molecule has 2 rings (SSSR count). The topological polar surface area (TPSA) is 83.5 Å². The fourth-order valence-corrected chi connectivity index (χ4v) is 3.19. The minimum atomic E-state index is -4.18. The average Bonchev–Trinajstić information content (AvgIpc) is 2.43. The van der Waals surface area contributed by atoms with Crippen LogP contribution in [0.25, 0.3) is 0 Å². The maximum absolute atomic E-state index is 13.7. The molecule has 0 radical (unpaired) electrons. The highest BCUT2D eigenvalue weighted by Crippen LogP contribution is 2.24. The molecule has 2 N–H and O–H groups in total. The number of aromatic carboxylic acids is 1. The number of hydrogen-bond donors (Lipinski definition) is 2. The second-order valence-corrected chi connectivity index (χ2v) is 6.60. The fourth-order valence-electron chi connectivity index (χ4n) is 1.78. The number of benzene rings is 2. The van der Waals surface area contributed by atoms with Crippen LogP contribution in [0.2, 0.25) is 5.02 Å². The average molecular weight is 344 g/mol. The van der Waals surface area contributed by atoms with Gasteiger partial charge >= 0.3 is 5.97 Å². The van der Waals surface area contributed by atoms with Gasteiger partial charge in [-0.1, -0.05) is 17.7 Å². The Labute approximate surface area is 131 Å². The lowest BCUT2D eigenvalue weighted by Gasteiger charge is -2.10. The van der Waals surface area contributed by atoms with Crippen LogP contribution in [0.15, 0.2) is 41.3 Å². The molecule has 0 amide bonds. The zero-order valence-electron chi connectivity index (χ0n) is 11.3. The van der Waals surface area contributed by atoms with Crippen molar-refractivity contribution in [1.82, 2.24) is 0 Å². The van der Waals surface area contributed by atoms with Crippen LogP contribution >= 0.6 is 11.6 Å². The smallest absolute Gasteiger partial charge is 0.337 e. The molecule has 0 saturated heterocycles. The van der Waals surface area contributed by atoms with Crippen LogP contribution in [-0.4, -0.2) is 19.5 Å². The lowest BCUT2D eigenvalue weighted by molar-refractivity contribution is 0.0697. The SMILES string of the molecule is Cc1ccc(F)c(S(=O)(=O)Nc2ccc(Cl)c(C(=O)O)c2)c1. The summed E-state index contributed by atoms with van der Waals surface area (Å²) in [6.45, 7) is 1.63. The summed E-state index contributed by atoms with van der Waals surface area (Å²) in [6.07, 6.45) is 0. The normalized spacial score (nSPS) is 11.2. The van der Waals surface area contributed by atoms with Crippen molar-refractivity contribution >= 4 is 33.3 Å². The van der Waals surface area contributed by atoms with E-state index in [-0.39, 0.29) is 16.3 Å². The first-order valence-corrected chi connectivity index (χ1v) is 7.88. The van der Waals surface area contributed by atoms with Gasteiger partial charge in [-0.2, -0.15) is 0 Å². The highest BCUT2D eigenvalue weighted by molar-refractivity contribution is 7.92. The van der Waals surface area contributed by atoms with Gasteiger partial charge in [-0.3, -0.25) is 4.72 Å². The van der Waals surface area contributed by atoms with Gasteiger partial charge in [0.1, 0.15) is 10.7 Å². The Morgan fingerprint density at radius 1 is 1.23 bits per heavy atom. The number of halogens is 2. The van der Waals surface area contributed by atoms with Crippen LogP contribution in [0.1, 0.15) is 15.9 Å². The van der Waals surface area contributed by atoms with Crippen LogP contribution in [0.4, 0.5) is 10.1 Å². The molecule has 0 fully saturated rings. The number of nitrogens with one attached hydrogen (secondary N) is 1. The third-order valence-corrected chi connectivity index (χ3v) is 4.55. The van der Waals surface area contributed by atoms with E-state index in [0.29, 0.717) is 5.56 Å². The molecule has 0 aliphatic carbocycles. The van der Waals surface area contributed by atoms with Crippen molar-refractivity contribution in [2.75, 3.05) is 4.72 Å². The number of carboxylic acids is 1. The summed E-state index contributed by atoms with van der Waals surface area (Å²) < 4.78 is 40.3. The van der Waals surface area contributed by atoms with E-state index in [0.717, 1.165) is 12.1 Å². The number of carbonyl (C=O) groups is 1. The standard InChI is InChI=1S/C14H11ClFNO4S/c1-8-2-5-12(16)13(6-8)22(20,21)17-9-3-4-11(15)10(7-9)14(18)19/h2-7,17H,1H3,(H,18,19). The molecule has 22 heavy (non-hydrogen) atoms. The Morgan fingerprint density at radius 3 is 2.55 bits per heavy atom. The third-order valence-electron chi connectivity index (χ3n) is 2.83. The van der Waals surface area contributed by atoms with Crippen LogP contribution in [0.5, 0.6) is 0 Å². The Hall–Kier alpha value is -2.12. The Bertz CT molecular complexity index is 852. The van der Waals surface area contributed by atoms with Gasteiger partial charge in [0, 0.05) is 5.69 Å². The molecule has 5 nitrogen and oxygen atoms in total. The van der Waals surface area contributed by atoms with E-state index < -0.39 is 26.7 Å². The predicted octanol–water partition coefficient (Wildman–Crippen LogP) is 3.29. The Balaban J connectivity index is 2.43. The van der Waals surface area contributed by atoms with E-state index >= 15 is 0 Å². The van der Waals surface area contributed by atoms with Gasteiger partial charge in [0.05, 0.1) is 10.6 Å². The number of anilines is 1. The number of aryl methyl sites for hydroxylation is 1. The maximum Gasteiger partial charge on any atom is 0.337 e. The van der Waals surface area contributed by atoms with Crippen LogP contribution in [0, 0.1) is 12.7 Å². The van der Waals surface area contributed by atoms with Gasteiger partial charge in [-0.15, -0.1) is 0 Å². The zero-order valence-corrected chi connectivity index (χ0v) is 12.9. The summed E-state index contributed by atoms with van der Waals surface area (Å²) in [5, 5.41) is 8.93. The van der Waals surface area contributed by atoms with E-state index in [4.69, 9.17) is 16.7 Å².